The molecule has 0 amide bonds. The summed E-state index contributed by atoms with van der Waals surface area (Å²) in [7, 11) is 3.85. The molecule has 2 aromatic rings. The quantitative estimate of drug-likeness (QED) is 0.848. The molecule has 0 radical (unpaired) electrons. The Hall–Kier alpha value is -1.95. The predicted octanol–water partition coefficient (Wildman–Crippen LogP) is 2.82. The van der Waals surface area contributed by atoms with E-state index in [1.165, 1.54) is 6.33 Å². The Labute approximate surface area is 125 Å². The van der Waals surface area contributed by atoms with Crippen molar-refractivity contribution in [2.45, 2.75) is 0 Å². The summed E-state index contributed by atoms with van der Waals surface area (Å²) in [4.78, 5) is 15.0. The van der Waals surface area contributed by atoms with Crippen LogP contribution in [-0.2, 0) is 0 Å². The molecule has 0 fully saturated rings. The molecular formula is C14H13BrN4O. The summed E-state index contributed by atoms with van der Waals surface area (Å²) < 4.78 is 6.73. The number of aliphatic imine (C=N–C) groups is 1. The van der Waals surface area contributed by atoms with E-state index in [1.807, 2.05) is 43.3 Å². The molecule has 1 aliphatic heterocycles. The lowest BCUT2D eigenvalue weighted by atomic mass is 10.1. The number of hydrogen-bond donors (Lipinski definition) is 0. The van der Waals surface area contributed by atoms with Crippen molar-refractivity contribution in [3.8, 4) is 5.88 Å². The Balaban J connectivity index is 2.07. The lowest BCUT2D eigenvalue weighted by Crippen LogP contribution is -2.19. The van der Waals surface area contributed by atoms with Crippen molar-refractivity contribution in [2.75, 3.05) is 25.6 Å². The molecule has 1 aromatic carbocycles. The van der Waals surface area contributed by atoms with Gasteiger partial charge in [-0.25, -0.2) is 9.98 Å². The summed E-state index contributed by atoms with van der Waals surface area (Å²) in [5, 5.41) is 0. The molecule has 2 heterocycles. The second-order valence-corrected chi connectivity index (χ2v) is 5.52. The molecule has 0 aliphatic carbocycles. The standard InChI is InChI=1S/C14H13BrN4O/c1-19(2)13-12-14(17-8-16-13)20-7-11(18-12)9-3-5-10(15)6-4-9/h3-6,8H,7H2,1-2H3. The van der Waals surface area contributed by atoms with E-state index in [1.54, 1.807) is 0 Å². The fourth-order valence-corrected chi connectivity index (χ4v) is 2.24. The number of fused-ring (bicyclic) bond motifs is 1. The maximum atomic E-state index is 5.69. The molecule has 0 atom stereocenters. The second-order valence-electron chi connectivity index (χ2n) is 4.60. The highest BCUT2D eigenvalue weighted by atomic mass is 79.9. The molecule has 102 valence electrons. The fourth-order valence-electron chi connectivity index (χ4n) is 1.98. The first-order valence-electron chi connectivity index (χ1n) is 6.14. The topological polar surface area (TPSA) is 50.6 Å². The van der Waals surface area contributed by atoms with Crippen molar-refractivity contribution in [3.63, 3.8) is 0 Å². The smallest absolute Gasteiger partial charge is 0.245 e. The molecule has 0 saturated carbocycles. The van der Waals surface area contributed by atoms with Crippen LogP contribution in [0.1, 0.15) is 5.56 Å². The molecule has 3 rings (SSSR count). The SMILES string of the molecule is CN(C)c1ncnc2c1N=C(c1ccc(Br)cc1)CO2. The molecule has 1 aromatic heterocycles. The monoisotopic (exact) mass is 332 g/mol. The van der Waals surface area contributed by atoms with Crippen molar-refractivity contribution in [1.29, 1.82) is 0 Å². The van der Waals surface area contributed by atoms with Crippen LogP contribution in [0.4, 0.5) is 11.5 Å². The zero-order valence-corrected chi connectivity index (χ0v) is 12.8. The highest BCUT2D eigenvalue weighted by Gasteiger charge is 2.20. The van der Waals surface area contributed by atoms with E-state index in [0.717, 1.165) is 21.6 Å². The summed E-state index contributed by atoms with van der Waals surface area (Å²) in [6, 6.07) is 8.00. The molecule has 0 saturated heterocycles. The van der Waals surface area contributed by atoms with E-state index in [9.17, 15) is 0 Å². The van der Waals surface area contributed by atoms with Crippen molar-refractivity contribution >= 4 is 33.1 Å². The molecule has 0 bridgehead atoms. The molecule has 0 unspecified atom stereocenters. The van der Waals surface area contributed by atoms with E-state index < -0.39 is 0 Å². The Morgan fingerprint density at radius 1 is 1.15 bits per heavy atom. The first kappa shape index (κ1) is 13.1. The molecule has 6 heteroatoms. The van der Waals surface area contributed by atoms with Crippen molar-refractivity contribution in [2.24, 2.45) is 4.99 Å². The van der Waals surface area contributed by atoms with E-state index in [4.69, 9.17) is 4.74 Å². The molecule has 1 aliphatic rings. The fraction of sp³-hybridized carbons (Fsp3) is 0.214. The maximum absolute atomic E-state index is 5.69. The molecular weight excluding hydrogens is 320 g/mol. The van der Waals surface area contributed by atoms with Gasteiger partial charge in [0.1, 0.15) is 12.9 Å². The number of rotatable bonds is 2. The van der Waals surface area contributed by atoms with Crippen LogP contribution in [0.3, 0.4) is 0 Å². The van der Waals surface area contributed by atoms with Crippen LogP contribution in [0.15, 0.2) is 40.1 Å². The van der Waals surface area contributed by atoms with E-state index in [-0.39, 0.29) is 0 Å². The third-order valence-corrected chi connectivity index (χ3v) is 3.49. The van der Waals surface area contributed by atoms with Crippen LogP contribution in [0.2, 0.25) is 0 Å². The van der Waals surface area contributed by atoms with Gasteiger partial charge in [0, 0.05) is 18.6 Å². The van der Waals surface area contributed by atoms with Gasteiger partial charge >= 0.3 is 0 Å². The summed E-state index contributed by atoms with van der Waals surface area (Å²) in [5.41, 5.74) is 2.59. The number of anilines is 1. The summed E-state index contributed by atoms with van der Waals surface area (Å²) >= 11 is 3.43. The van der Waals surface area contributed by atoms with E-state index in [2.05, 4.69) is 30.9 Å². The number of ether oxygens (including phenoxy) is 1. The van der Waals surface area contributed by atoms with Gasteiger partial charge in [0.05, 0.1) is 5.71 Å². The minimum atomic E-state index is 0.415. The number of benzene rings is 1. The minimum absolute atomic E-state index is 0.415. The highest BCUT2D eigenvalue weighted by Crippen LogP contribution is 2.36. The zero-order chi connectivity index (χ0) is 14.1. The Morgan fingerprint density at radius 2 is 1.90 bits per heavy atom. The normalized spacial score (nSPS) is 13.2. The first-order valence-corrected chi connectivity index (χ1v) is 6.93. The van der Waals surface area contributed by atoms with Crippen molar-refractivity contribution in [1.82, 2.24) is 9.97 Å². The van der Waals surface area contributed by atoms with Crippen LogP contribution in [-0.4, -0.2) is 36.4 Å². The van der Waals surface area contributed by atoms with Gasteiger partial charge in [-0.3, -0.25) is 0 Å². The van der Waals surface area contributed by atoms with Crippen LogP contribution < -0.4 is 9.64 Å². The van der Waals surface area contributed by atoms with Gasteiger partial charge in [-0.05, 0) is 17.7 Å². The predicted molar refractivity (Wildman–Crippen MR) is 82.2 cm³/mol. The summed E-state index contributed by atoms with van der Waals surface area (Å²) in [6.45, 7) is 0.415. The van der Waals surface area contributed by atoms with Crippen LogP contribution >= 0.6 is 15.9 Å². The van der Waals surface area contributed by atoms with E-state index >= 15 is 0 Å². The average Bonchev–Trinajstić information content (AvgIpc) is 2.46. The Kier molecular flexibility index (Phi) is 3.40. The van der Waals surface area contributed by atoms with Crippen LogP contribution in [0.5, 0.6) is 5.88 Å². The lowest BCUT2D eigenvalue weighted by molar-refractivity contribution is 0.357. The Bertz CT molecular complexity index is 667. The van der Waals surface area contributed by atoms with Crippen molar-refractivity contribution < 1.29 is 4.74 Å². The van der Waals surface area contributed by atoms with Gasteiger partial charge < -0.3 is 9.64 Å². The first-order chi connectivity index (χ1) is 9.65. The Morgan fingerprint density at radius 3 is 2.60 bits per heavy atom. The van der Waals surface area contributed by atoms with Crippen LogP contribution in [0, 0.1) is 0 Å². The molecule has 0 N–H and O–H groups in total. The molecule has 20 heavy (non-hydrogen) atoms. The maximum Gasteiger partial charge on any atom is 0.245 e. The molecule has 5 nitrogen and oxygen atoms in total. The minimum Gasteiger partial charge on any atom is -0.469 e. The van der Waals surface area contributed by atoms with Crippen molar-refractivity contribution in [3.05, 3.63) is 40.6 Å². The van der Waals surface area contributed by atoms with Gasteiger partial charge in [0.25, 0.3) is 0 Å². The zero-order valence-electron chi connectivity index (χ0n) is 11.2. The summed E-state index contributed by atoms with van der Waals surface area (Å²) in [6.07, 6.45) is 1.49. The third kappa shape index (κ3) is 2.38. The van der Waals surface area contributed by atoms with Gasteiger partial charge in [0.2, 0.25) is 5.88 Å². The largest absolute Gasteiger partial charge is 0.469 e. The van der Waals surface area contributed by atoms with Gasteiger partial charge in [-0.2, -0.15) is 4.98 Å². The third-order valence-electron chi connectivity index (χ3n) is 2.96. The van der Waals surface area contributed by atoms with Crippen LogP contribution in [0.25, 0.3) is 0 Å². The van der Waals surface area contributed by atoms with Gasteiger partial charge in [0.15, 0.2) is 11.5 Å². The average molecular weight is 333 g/mol. The molecule has 0 spiro atoms. The highest BCUT2D eigenvalue weighted by molar-refractivity contribution is 9.10. The summed E-state index contributed by atoms with van der Waals surface area (Å²) in [5.74, 6) is 1.29. The second kappa shape index (κ2) is 5.20. The lowest BCUT2D eigenvalue weighted by Gasteiger charge is -2.20. The number of aromatic nitrogens is 2. The van der Waals surface area contributed by atoms with Gasteiger partial charge in [-0.15, -0.1) is 0 Å². The number of hydrogen-bond acceptors (Lipinski definition) is 5. The number of halogens is 1. The number of nitrogens with zero attached hydrogens (tertiary/aromatic N) is 4. The van der Waals surface area contributed by atoms with Gasteiger partial charge in [-0.1, -0.05) is 28.1 Å². The van der Waals surface area contributed by atoms with E-state index in [0.29, 0.717) is 18.2 Å².